The van der Waals surface area contributed by atoms with Gasteiger partial charge in [0.25, 0.3) is 0 Å². The van der Waals surface area contributed by atoms with Crippen LogP contribution in [0.1, 0.15) is 29.8 Å². The summed E-state index contributed by atoms with van der Waals surface area (Å²) >= 11 is 0. The van der Waals surface area contributed by atoms with Crippen molar-refractivity contribution in [1.29, 1.82) is 0 Å². The molecule has 98 valence electrons. The lowest BCUT2D eigenvalue weighted by Crippen LogP contribution is -2.49. The van der Waals surface area contributed by atoms with Crippen molar-refractivity contribution in [3.8, 4) is 5.75 Å². The van der Waals surface area contributed by atoms with E-state index in [0.717, 1.165) is 11.3 Å². The van der Waals surface area contributed by atoms with E-state index in [4.69, 9.17) is 4.74 Å². The molecular formula is C14H19NO3. The molecule has 18 heavy (non-hydrogen) atoms. The van der Waals surface area contributed by atoms with Crippen LogP contribution in [0.3, 0.4) is 0 Å². The first-order valence-corrected chi connectivity index (χ1v) is 6.27. The topological polar surface area (TPSA) is 49.8 Å². The van der Waals surface area contributed by atoms with E-state index in [2.05, 4.69) is 4.90 Å². The number of benzene rings is 1. The van der Waals surface area contributed by atoms with E-state index < -0.39 is 0 Å². The second kappa shape index (κ2) is 5.50. The van der Waals surface area contributed by atoms with Crippen molar-refractivity contribution in [3.05, 3.63) is 29.3 Å². The maximum atomic E-state index is 11.4. The van der Waals surface area contributed by atoms with Gasteiger partial charge in [-0.3, -0.25) is 9.69 Å². The van der Waals surface area contributed by atoms with Crippen molar-refractivity contribution in [2.75, 3.05) is 19.7 Å². The fraction of sp³-hybridized carbons (Fsp3) is 0.500. The molecule has 0 aliphatic carbocycles. The van der Waals surface area contributed by atoms with Crippen molar-refractivity contribution in [2.45, 2.75) is 26.5 Å². The van der Waals surface area contributed by atoms with Crippen molar-refractivity contribution in [3.63, 3.8) is 0 Å². The van der Waals surface area contributed by atoms with Gasteiger partial charge in [-0.1, -0.05) is 0 Å². The highest BCUT2D eigenvalue weighted by Crippen LogP contribution is 2.24. The number of hydrogen-bond donors (Lipinski definition) is 1. The maximum Gasteiger partial charge on any atom is 0.159 e. The summed E-state index contributed by atoms with van der Waals surface area (Å²) in [4.78, 5) is 13.5. The van der Waals surface area contributed by atoms with Crippen molar-refractivity contribution < 1.29 is 14.6 Å². The molecule has 1 aromatic carbocycles. The summed E-state index contributed by atoms with van der Waals surface area (Å²) in [6.45, 7) is 6.21. The van der Waals surface area contributed by atoms with Crippen molar-refractivity contribution in [2.24, 2.45) is 0 Å². The van der Waals surface area contributed by atoms with E-state index in [1.165, 1.54) is 0 Å². The minimum atomic E-state index is -0.212. The van der Waals surface area contributed by atoms with Gasteiger partial charge in [-0.25, -0.2) is 0 Å². The summed E-state index contributed by atoms with van der Waals surface area (Å²) in [6.07, 6.45) is -0.212. The van der Waals surface area contributed by atoms with Gasteiger partial charge in [0.05, 0.1) is 12.7 Å². The zero-order valence-corrected chi connectivity index (χ0v) is 10.8. The van der Waals surface area contributed by atoms with Gasteiger partial charge < -0.3 is 9.84 Å². The number of aliphatic hydroxyl groups excluding tert-OH is 1. The van der Waals surface area contributed by atoms with Gasteiger partial charge in [-0.15, -0.1) is 0 Å². The van der Waals surface area contributed by atoms with E-state index >= 15 is 0 Å². The van der Waals surface area contributed by atoms with E-state index in [1.807, 2.05) is 19.1 Å². The molecule has 0 unspecified atom stereocenters. The summed E-state index contributed by atoms with van der Waals surface area (Å²) in [7, 11) is 0. The molecule has 1 heterocycles. The Bertz CT molecular complexity index is 439. The minimum Gasteiger partial charge on any atom is -0.494 e. The molecule has 1 aromatic rings. The monoisotopic (exact) mass is 249 g/mol. The molecule has 1 saturated heterocycles. The predicted octanol–water partition coefficient (Wildman–Crippen LogP) is 1.46. The molecule has 0 bridgehead atoms. The van der Waals surface area contributed by atoms with Crippen LogP contribution in [0.25, 0.3) is 0 Å². The maximum absolute atomic E-state index is 11.4. The fourth-order valence-corrected chi connectivity index (χ4v) is 2.13. The lowest BCUT2D eigenvalue weighted by Gasteiger charge is -2.36. The Kier molecular flexibility index (Phi) is 3.99. The first kappa shape index (κ1) is 13.1. The first-order chi connectivity index (χ1) is 8.60. The molecule has 0 spiro atoms. The Hall–Kier alpha value is -1.39. The molecule has 4 heteroatoms. The minimum absolute atomic E-state index is 0.0583. The van der Waals surface area contributed by atoms with Crippen LogP contribution in [0.5, 0.6) is 5.75 Å². The van der Waals surface area contributed by atoms with E-state index in [1.54, 1.807) is 13.0 Å². The quantitative estimate of drug-likeness (QED) is 0.803. The number of aliphatic hydroxyl groups is 1. The second-order valence-corrected chi connectivity index (χ2v) is 4.66. The zero-order valence-electron chi connectivity index (χ0n) is 10.8. The number of likely N-dealkylation sites (tertiary alicyclic amines) is 1. The smallest absolute Gasteiger partial charge is 0.159 e. The third-order valence-electron chi connectivity index (χ3n) is 3.10. The molecule has 1 N–H and O–H groups in total. The van der Waals surface area contributed by atoms with Gasteiger partial charge in [0, 0.05) is 30.8 Å². The number of ketones is 1. The Morgan fingerprint density at radius 1 is 1.50 bits per heavy atom. The Balaban J connectivity index is 2.17. The summed E-state index contributed by atoms with van der Waals surface area (Å²) in [5, 5.41) is 9.28. The predicted molar refractivity (Wildman–Crippen MR) is 68.9 cm³/mol. The van der Waals surface area contributed by atoms with Crippen LogP contribution in [0.4, 0.5) is 0 Å². The molecule has 1 aliphatic rings. The molecule has 2 rings (SSSR count). The molecule has 0 atom stereocenters. The van der Waals surface area contributed by atoms with Crippen LogP contribution < -0.4 is 4.74 Å². The molecule has 0 saturated carbocycles. The summed E-state index contributed by atoms with van der Waals surface area (Å²) in [5.41, 5.74) is 1.71. The van der Waals surface area contributed by atoms with E-state index in [-0.39, 0.29) is 11.9 Å². The third-order valence-corrected chi connectivity index (χ3v) is 3.10. The lowest BCUT2D eigenvalue weighted by atomic mass is 10.0. The first-order valence-electron chi connectivity index (χ1n) is 6.27. The molecule has 0 amide bonds. The van der Waals surface area contributed by atoms with Gasteiger partial charge in [0.15, 0.2) is 5.78 Å². The van der Waals surface area contributed by atoms with Gasteiger partial charge in [-0.05, 0) is 32.0 Å². The number of nitrogens with zero attached hydrogens (tertiary/aromatic N) is 1. The van der Waals surface area contributed by atoms with Crippen molar-refractivity contribution in [1.82, 2.24) is 4.90 Å². The van der Waals surface area contributed by atoms with Gasteiger partial charge in [0.2, 0.25) is 0 Å². The van der Waals surface area contributed by atoms with Crippen LogP contribution in [0.15, 0.2) is 18.2 Å². The average Bonchev–Trinajstić information content (AvgIpc) is 2.29. The van der Waals surface area contributed by atoms with Crippen molar-refractivity contribution >= 4 is 5.78 Å². The summed E-state index contributed by atoms with van der Waals surface area (Å²) < 4.78 is 5.57. The van der Waals surface area contributed by atoms with Gasteiger partial charge in [-0.2, -0.15) is 0 Å². The zero-order chi connectivity index (χ0) is 13.1. The number of β-amino-alcohol motifs (C(OH)–C–C–N with tert-alkyl or cyclic N) is 1. The van der Waals surface area contributed by atoms with Gasteiger partial charge in [0.1, 0.15) is 5.75 Å². The van der Waals surface area contributed by atoms with Crippen LogP contribution >= 0.6 is 0 Å². The normalized spacial score (nSPS) is 16.4. The largest absolute Gasteiger partial charge is 0.494 e. The number of carbonyl (C=O) groups excluding carboxylic acids is 1. The summed E-state index contributed by atoms with van der Waals surface area (Å²) in [5.74, 6) is 0.881. The van der Waals surface area contributed by atoms with Crippen LogP contribution in [-0.2, 0) is 6.54 Å². The Morgan fingerprint density at radius 2 is 2.22 bits per heavy atom. The number of Topliss-reactive ketones (excluding diaryl/α,β-unsaturated/α-hetero) is 1. The third kappa shape index (κ3) is 2.89. The Morgan fingerprint density at radius 3 is 2.78 bits per heavy atom. The lowest BCUT2D eigenvalue weighted by molar-refractivity contribution is -0.00330. The molecule has 1 fully saturated rings. The molecule has 0 aromatic heterocycles. The second-order valence-electron chi connectivity index (χ2n) is 4.66. The highest BCUT2D eigenvalue weighted by molar-refractivity contribution is 5.94. The highest BCUT2D eigenvalue weighted by atomic mass is 16.5. The molecular weight excluding hydrogens is 230 g/mol. The van der Waals surface area contributed by atoms with Crippen LogP contribution in [0, 0.1) is 0 Å². The van der Waals surface area contributed by atoms with E-state index in [0.29, 0.717) is 31.8 Å². The standard InChI is InChI=1S/C14H19NO3/c1-3-18-14-5-4-11(10(2)16)6-12(14)7-15-8-13(17)9-15/h4-6,13,17H,3,7-9H2,1-2H3. The summed E-state index contributed by atoms with van der Waals surface area (Å²) in [6, 6.07) is 5.53. The van der Waals surface area contributed by atoms with E-state index in [9.17, 15) is 9.90 Å². The number of carbonyl (C=O) groups is 1. The Labute approximate surface area is 107 Å². The average molecular weight is 249 g/mol. The fourth-order valence-electron chi connectivity index (χ4n) is 2.13. The van der Waals surface area contributed by atoms with Crippen LogP contribution in [0.2, 0.25) is 0 Å². The molecule has 4 nitrogen and oxygen atoms in total. The number of rotatable bonds is 5. The molecule has 1 aliphatic heterocycles. The molecule has 0 radical (unpaired) electrons. The number of ether oxygens (including phenoxy) is 1. The number of hydrogen-bond acceptors (Lipinski definition) is 4. The SMILES string of the molecule is CCOc1ccc(C(C)=O)cc1CN1CC(O)C1. The highest BCUT2D eigenvalue weighted by Gasteiger charge is 2.25. The van der Waals surface area contributed by atoms with Crippen LogP contribution in [-0.4, -0.2) is 41.6 Å². The van der Waals surface area contributed by atoms with Gasteiger partial charge >= 0.3 is 0 Å².